The Balaban J connectivity index is 2.03. The molecule has 0 radical (unpaired) electrons. The first kappa shape index (κ1) is 16.4. The number of phenols is 1. The first-order chi connectivity index (χ1) is 12.1. The molecule has 0 unspecified atom stereocenters. The fourth-order valence-corrected chi connectivity index (χ4v) is 2.34. The van der Waals surface area contributed by atoms with Gasteiger partial charge in [0.2, 0.25) is 5.88 Å². The number of aromatic amines is 1. The summed E-state index contributed by atoms with van der Waals surface area (Å²) in [5, 5.41) is 20.4. The Labute approximate surface area is 143 Å². The second-order valence-corrected chi connectivity index (χ2v) is 5.06. The summed E-state index contributed by atoms with van der Waals surface area (Å²) in [7, 11) is 1.54. The zero-order chi connectivity index (χ0) is 17.8. The van der Waals surface area contributed by atoms with Crippen molar-refractivity contribution in [3.63, 3.8) is 0 Å². The molecule has 0 amide bonds. The van der Waals surface area contributed by atoms with Crippen LogP contribution < -0.4 is 4.74 Å². The highest BCUT2D eigenvalue weighted by Crippen LogP contribution is 2.34. The molecule has 25 heavy (non-hydrogen) atoms. The molecular formula is C17H16N4O4. The number of hydrogen-bond acceptors (Lipinski definition) is 7. The predicted molar refractivity (Wildman–Crippen MR) is 89.2 cm³/mol. The fourth-order valence-electron chi connectivity index (χ4n) is 2.34. The molecule has 128 valence electrons. The summed E-state index contributed by atoms with van der Waals surface area (Å²) < 4.78 is 10.0. The first-order valence-corrected chi connectivity index (χ1v) is 7.55. The molecule has 2 N–H and O–H groups in total. The molecule has 8 heteroatoms. The van der Waals surface area contributed by atoms with Crippen LogP contribution in [-0.2, 0) is 4.74 Å². The van der Waals surface area contributed by atoms with E-state index in [4.69, 9.17) is 9.47 Å². The number of phenolic OH excluding ortho intramolecular Hbond substituents is 1. The van der Waals surface area contributed by atoms with E-state index in [1.165, 1.54) is 6.07 Å². The van der Waals surface area contributed by atoms with Crippen LogP contribution >= 0.6 is 0 Å². The average molecular weight is 340 g/mol. The van der Waals surface area contributed by atoms with Crippen LogP contribution in [0.4, 0.5) is 0 Å². The minimum atomic E-state index is -0.609. The van der Waals surface area contributed by atoms with Gasteiger partial charge in [0.15, 0.2) is 5.69 Å². The number of aromatic hydroxyl groups is 1. The topological polar surface area (TPSA) is 110 Å². The van der Waals surface area contributed by atoms with Crippen LogP contribution in [-0.4, -0.2) is 45.2 Å². The largest absolute Gasteiger partial charge is 0.507 e. The zero-order valence-electron chi connectivity index (χ0n) is 13.7. The molecule has 0 atom stereocenters. The van der Waals surface area contributed by atoms with Crippen LogP contribution in [0.1, 0.15) is 17.4 Å². The maximum absolute atomic E-state index is 12.0. The van der Waals surface area contributed by atoms with Gasteiger partial charge in [0.1, 0.15) is 11.4 Å². The summed E-state index contributed by atoms with van der Waals surface area (Å²) in [6, 6.07) is 8.56. The number of pyridine rings is 1. The van der Waals surface area contributed by atoms with Gasteiger partial charge in [-0.1, -0.05) is 6.07 Å². The van der Waals surface area contributed by atoms with Gasteiger partial charge in [-0.3, -0.25) is 0 Å². The van der Waals surface area contributed by atoms with Crippen molar-refractivity contribution in [2.75, 3.05) is 13.7 Å². The highest BCUT2D eigenvalue weighted by Gasteiger charge is 2.21. The molecule has 0 aliphatic carbocycles. The highest BCUT2D eigenvalue weighted by molar-refractivity contribution is 5.95. The molecule has 0 bridgehead atoms. The predicted octanol–water partition coefficient (Wildman–Crippen LogP) is 2.42. The van der Waals surface area contributed by atoms with Gasteiger partial charge in [0.25, 0.3) is 0 Å². The standard InChI is InChI=1S/C17H16N4O4/c1-3-25-17(23)16-15(19-21-20-16)12-8-10(4-6-13(12)22)11-5-7-14(24-2)18-9-11/h4-9,22H,3H2,1-2H3,(H,19,20,21). The highest BCUT2D eigenvalue weighted by atomic mass is 16.5. The molecular weight excluding hydrogens is 324 g/mol. The number of hydrogen-bond donors (Lipinski definition) is 2. The Morgan fingerprint density at radius 1 is 1.20 bits per heavy atom. The third-order valence-electron chi connectivity index (χ3n) is 3.55. The first-order valence-electron chi connectivity index (χ1n) is 7.55. The second-order valence-electron chi connectivity index (χ2n) is 5.06. The lowest BCUT2D eigenvalue weighted by molar-refractivity contribution is 0.0520. The quantitative estimate of drug-likeness (QED) is 0.686. The summed E-state index contributed by atoms with van der Waals surface area (Å²) in [5.41, 5.74) is 2.22. The van der Waals surface area contributed by atoms with Crippen molar-refractivity contribution in [2.45, 2.75) is 6.92 Å². The van der Waals surface area contributed by atoms with Crippen molar-refractivity contribution < 1.29 is 19.4 Å². The normalized spacial score (nSPS) is 10.5. The average Bonchev–Trinajstić information content (AvgIpc) is 3.12. The molecule has 2 aromatic heterocycles. The zero-order valence-corrected chi connectivity index (χ0v) is 13.7. The van der Waals surface area contributed by atoms with Crippen LogP contribution in [0.25, 0.3) is 22.4 Å². The van der Waals surface area contributed by atoms with Crippen molar-refractivity contribution >= 4 is 5.97 Å². The molecule has 0 saturated heterocycles. The van der Waals surface area contributed by atoms with E-state index in [9.17, 15) is 9.90 Å². The van der Waals surface area contributed by atoms with Crippen molar-refractivity contribution in [3.05, 3.63) is 42.2 Å². The molecule has 0 saturated carbocycles. The monoisotopic (exact) mass is 340 g/mol. The Morgan fingerprint density at radius 2 is 2.00 bits per heavy atom. The van der Waals surface area contributed by atoms with Crippen molar-refractivity contribution in [2.24, 2.45) is 0 Å². The van der Waals surface area contributed by atoms with E-state index in [1.807, 2.05) is 6.07 Å². The van der Waals surface area contributed by atoms with E-state index in [0.717, 1.165) is 11.1 Å². The summed E-state index contributed by atoms with van der Waals surface area (Å²) >= 11 is 0. The fraction of sp³-hybridized carbons (Fsp3) is 0.176. The van der Waals surface area contributed by atoms with Crippen LogP contribution in [0.15, 0.2) is 36.5 Å². The van der Waals surface area contributed by atoms with E-state index in [1.54, 1.807) is 38.4 Å². The number of esters is 1. The lowest BCUT2D eigenvalue weighted by Crippen LogP contribution is -2.06. The third-order valence-corrected chi connectivity index (χ3v) is 3.55. The number of carbonyl (C=O) groups excluding carboxylic acids is 1. The van der Waals surface area contributed by atoms with Crippen LogP contribution in [0, 0.1) is 0 Å². The van der Waals surface area contributed by atoms with Gasteiger partial charge >= 0.3 is 5.97 Å². The van der Waals surface area contributed by atoms with Crippen LogP contribution in [0.3, 0.4) is 0 Å². The summed E-state index contributed by atoms with van der Waals surface area (Å²) in [5.74, 6) is -0.129. The third kappa shape index (κ3) is 3.27. The van der Waals surface area contributed by atoms with E-state index in [0.29, 0.717) is 11.4 Å². The van der Waals surface area contributed by atoms with Gasteiger partial charge in [0.05, 0.1) is 13.7 Å². The number of H-pyrrole nitrogens is 1. The van der Waals surface area contributed by atoms with E-state index in [-0.39, 0.29) is 23.7 Å². The Kier molecular flexibility index (Phi) is 4.60. The molecule has 3 rings (SSSR count). The summed E-state index contributed by atoms with van der Waals surface area (Å²) in [6.45, 7) is 1.92. The van der Waals surface area contributed by atoms with Gasteiger partial charge in [0, 0.05) is 23.4 Å². The number of aromatic nitrogens is 4. The molecule has 2 heterocycles. The number of nitrogens with zero attached hydrogens (tertiary/aromatic N) is 3. The summed E-state index contributed by atoms with van der Waals surface area (Å²) in [6.07, 6.45) is 1.66. The van der Waals surface area contributed by atoms with Gasteiger partial charge in [-0.2, -0.15) is 10.3 Å². The van der Waals surface area contributed by atoms with E-state index < -0.39 is 5.97 Å². The molecule has 8 nitrogen and oxygen atoms in total. The number of carbonyl (C=O) groups is 1. The van der Waals surface area contributed by atoms with Gasteiger partial charge < -0.3 is 14.6 Å². The minimum Gasteiger partial charge on any atom is -0.507 e. The lowest BCUT2D eigenvalue weighted by Gasteiger charge is -2.08. The van der Waals surface area contributed by atoms with Gasteiger partial charge in [-0.05, 0) is 30.7 Å². The second kappa shape index (κ2) is 7.00. The maximum Gasteiger partial charge on any atom is 0.361 e. The van der Waals surface area contributed by atoms with Gasteiger partial charge in [-0.25, -0.2) is 9.78 Å². The number of methoxy groups -OCH3 is 1. The van der Waals surface area contributed by atoms with E-state index in [2.05, 4.69) is 20.4 Å². The molecule has 3 aromatic rings. The van der Waals surface area contributed by atoms with Gasteiger partial charge in [-0.15, -0.1) is 5.10 Å². The molecule has 0 fully saturated rings. The Hall–Kier alpha value is -3.42. The molecule has 0 aliphatic rings. The van der Waals surface area contributed by atoms with Crippen molar-refractivity contribution in [1.29, 1.82) is 0 Å². The van der Waals surface area contributed by atoms with Crippen LogP contribution in [0.2, 0.25) is 0 Å². The minimum absolute atomic E-state index is 0.0159. The Morgan fingerprint density at radius 3 is 2.68 bits per heavy atom. The van der Waals surface area contributed by atoms with Crippen molar-refractivity contribution in [3.8, 4) is 34.0 Å². The number of rotatable bonds is 5. The molecule has 1 aromatic carbocycles. The lowest BCUT2D eigenvalue weighted by atomic mass is 10.0. The Bertz CT molecular complexity index is 890. The number of nitrogens with one attached hydrogen (secondary N) is 1. The SMILES string of the molecule is CCOC(=O)c1n[nH]nc1-c1cc(-c2ccc(OC)nc2)ccc1O. The van der Waals surface area contributed by atoms with Crippen LogP contribution in [0.5, 0.6) is 11.6 Å². The number of benzene rings is 1. The molecule has 0 aliphatic heterocycles. The smallest absolute Gasteiger partial charge is 0.361 e. The molecule has 0 spiro atoms. The van der Waals surface area contributed by atoms with E-state index >= 15 is 0 Å². The maximum atomic E-state index is 12.0. The van der Waals surface area contributed by atoms with Crippen molar-refractivity contribution in [1.82, 2.24) is 20.4 Å². The summed E-state index contributed by atoms with van der Waals surface area (Å²) in [4.78, 5) is 16.2. The number of ether oxygens (including phenoxy) is 2.